The molecule has 1 N–H and O–H groups in total. The fourth-order valence-electron chi connectivity index (χ4n) is 1.50. The molecular formula is C11H8ClFN2O2. The molecule has 1 heterocycles. The highest BCUT2D eigenvalue weighted by Crippen LogP contribution is 2.24. The van der Waals surface area contributed by atoms with Crippen molar-refractivity contribution in [3.05, 3.63) is 40.8 Å². The lowest BCUT2D eigenvalue weighted by Crippen LogP contribution is -1.99. The molecule has 0 aliphatic carbocycles. The largest absolute Gasteiger partial charge is 0.476 e. The molecule has 1 aromatic heterocycles. The van der Waals surface area contributed by atoms with E-state index in [1.54, 1.807) is 13.1 Å². The minimum Gasteiger partial charge on any atom is -0.476 e. The summed E-state index contributed by atoms with van der Waals surface area (Å²) in [5.74, 6) is -1.68. The molecule has 4 nitrogen and oxygen atoms in total. The van der Waals surface area contributed by atoms with E-state index in [1.165, 1.54) is 22.9 Å². The Morgan fingerprint density at radius 3 is 2.71 bits per heavy atom. The molecule has 88 valence electrons. The lowest BCUT2D eigenvalue weighted by molar-refractivity contribution is 0.0689. The van der Waals surface area contributed by atoms with E-state index in [4.69, 9.17) is 16.7 Å². The smallest absolute Gasteiger partial charge is 0.356 e. The summed E-state index contributed by atoms with van der Waals surface area (Å²) < 4.78 is 14.7. The average Bonchev–Trinajstić information content (AvgIpc) is 2.65. The van der Waals surface area contributed by atoms with E-state index in [1.807, 2.05) is 0 Å². The van der Waals surface area contributed by atoms with Crippen LogP contribution in [-0.2, 0) is 7.05 Å². The summed E-state index contributed by atoms with van der Waals surface area (Å²) in [6.07, 6.45) is 0. The summed E-state index contributed by atoms with van der Waals surface area (Å²) in [4.78, 5) is 10.7. The second kappa shape index (κ2) is 4.18. The van der Waals surface area contributed by atoms with Crippen LogP contribution in [0.15, 0.2) is 24.3 Å². The number of aromatic carboxylic acids is 1. The molecule has 17 heavy (non-hydrogen) atoms. The van der Waals surface area contributed by atoms with Crippen molar-refractivity contribution in [3.8, 4) is 11.3 Å². The van der Waals surface area contributed by atoms with Crippen LogP contribution < -0.4 is 0 Å². The average molecular weight is 255 g/mol. The minimum absolute atomic E-state index is 0.0226. The van der Waals surface area contributed by atoms with Crippen molar-refractivity contribution in [3.63, 3.8) is 0 Å². The Kier molecular flexibility index (Phi) is 2.85. The summed E-state index contributed by atoms with van der Waals surface area (Å²) >= 11 is 5.57. The number of carboxylic acids is 1. The molecule has 0 atom stereocenters. The van der Waals surface area contributed by atoms with Crippen molar-refractivity contribution in [2.24, 2.45) is 7.05 Å². The third kappa shape index (κ3) is 2.14. The van der Waals surface area contributed by atoms with Crippen LogP contribution in [0.5, 0.6) is 0 Å². The molecule has 1 aromatic carbocycles. The highest BCUT2D eigenvalue weighted by Gasteiger charge is 2.13. The summed E-state index contributed by atoms with van der Waals surface area (Å²) in [6, 6.07) is 5.64. The van der Waals surface area contributed by atoms with Crippen molar-refractivity contribution in [1.82, 2.24) is 9.78 Å². The minimum atomic E-state index is -1.12. The van der Waals surface area contributed by atoms with Gasteiger partial charge in [-0.2, -0.15) is 5.10 Å². The lowest BCUT2D eigenvalue weighted by Gasteiger charge is -2.02. The molecule has 2 rings (SSSR count). The van der Waals surface area contributed by atoms with Crippen LogP contribution in [0.1, 0.15) is 10.5 Å². The molecule has 0 fully saturated rings. The van der Waals surface area contributed by atoms with Crippen LogP contribution in [-0.4, -0.2) is 20.9 Å². The van der Waals surface area contributed by atoms with Crippen LogP contribution >= 0.6 is 11.6 Å². The van der Waals surface area contributed by atoms with Crippen molar-refractivity contribution < 1.29 is 14.3 Å². The Hall–Kier alpha value is -1.88. The van der Waals surface area contributed by atoms with E-state index in [9.17, 15) is 9.18 Å². The first-order valence-corrected chi connectivity index (χ1v) is 5.09. The highest BCUT2D eigenvalue weighted by molar-refractivity contribution is 6.30. The van der Waals surface area contributed by atoms with Crippen LogP contribution in [0.2, 0.25) is 5.02 Å². The van der Waals surface area contributed by atoms with E-state index in [2.05, 4.69) is 5.10 Å². The van der Waals surface area contributed by atoms with Gasteiger partial charge in [-0.1, -0.05) is 17.7 Å². The van der Waals surface area contributed by atoms with E-state index < -0.39 is 11.8 Å². The number of carbonyl (C=O) groups is 1. The van der Waals surface area contributed by atoms with E-state index in [0.717, 1.165) is 0 Å². The number of aromatic nitrogens is 2. The maximum absolute atomic E-state index is 13.3. The van der Waals surface area contributed by atoms with E-state index in [0.29, 0.717) is 11.3 Å². The van der Waals surface area contributed by atoms with Gasteiger partial charge in [0.1, 0.15) is 5.82 Å². The molecule has 0 spiro atoms. The zero-order chi connectivity index (χ0) is 12.6. The summed E-state index contributed by atoms with van der Waals surface area (Å²) in [6.45, 7) is 0. The van der Waals surface area contributed by atoms with Gasteiger partial charge < -0.3 is 5.11 Å². The van der Waals surface area contributed by atoms with Gasteiger partial charge in [-0.3, -0.25) is 4.68 Å². The molecule has 6 heteroatoms. The van der Waals surface area contributed by atoms with Crippen molar-refractivity contribution in [2.75, 3.05) is 0 Å². The number of hydrogen-bond donors (Lipinski definition) is 1. The van der Waals surface area contributed by atoms with Gasteiger partial charge in [-0.15, -0.1) is 0 Å². The summed E-state index contributed by atoms with van der Waals surface area (Å²) in [5, 5.41) is 12.6. The molecule has 0 amide bonds. The quantitative estimate of drug-likeness (QED) is 0.896. The van der Waals surface area contributed by atoms with Crippen LogP contribution in [0.4, 0.5) is 4.39 Å². The van der Waals surface area contributed by atoms with Crippen molar-refractivity contribution >= 4 is 17.6 Å². The number of halogens is 2. The van der Waals surface area contributed by atoms with E-state index >= 15 is 0 Å². The maximum atomic E-state index is 13.3. The maximum Gasteiger partial charge on any atom is 0.356 e. The van der Waals surface area contributed by atoms with Crippen LogP contribution in [0, 0.1) is 5.82 Å². The van der Waals surface area contributed by atoms with Gasteiger partial charge in [0.15, 0.2) is 5.69 Å². The first-order valence-electron chi connectivity index (χ1n) is 4.72. The fourth-order valence-corrected chi connectivity index (χ4v) is 1.61. The normalized spacial score (nSPS) is 10.5. The molecule has 2 aromatic rings. The fraction of sp³-hybridized carbons (Fsp3) is 0.0909. The van der Waals surface area contributed by atoms with Crippen molar-refractivity contribution in [2.45, 2.75) is 0 Å². The lowest BCUT2D eigenvalue weighted by atomic mass is 10.1. The second-order valence-electron chi connectivity index (χ2n) is 3.47. The Morgan fingerprint density at radius 1 is 1.47 bits per heavy atom. The third-order valence-electron chi connectivity index (χ3n) is 2.31. The van der Waals surface area contributed by atoms with Gasteiger partial charge in [-0.25, -0.2) is 9.18 Å². The van der Waals surface area contributed by atoms with Crippen molar-refractivity contribution in [1.29, 1.82) is 0 Å². The zero-order valence-electron chi connectivity index (χ0n) is 8.82. The SMILES string of the molecule is Cn1nc(C(=O)O)cc1-c1ccc(Cl)c(F)c1. The van der Waals surface area contributed by atoms with Crippen LogP contribution in [0.25, 0.3) is 11.3 Å². The van der Waals surface area contributed by atoms with Gasteiger partial charge in [0.05, 0.1) is 10.7 Å². The number of aryl methyl sites for hydroxylation is 1. The first-order chi connectivity index (χ1) is 7.99. The van der Waals surface area contributed by atoms with E-state index in [-0.39, 0.29) is 10.7 Å². The van der Waals surface area contributed by atoms with Gasteiger partial charge in [0.25, 0.3) is 0 Å². The Bertz CT molecular complexity index is 595. The molecule has 0 aliphatic rings. The van der Waals surface area contributed by atoms with Crippen LogP contribution in [0.3, 0.4) is 0 Å². The Balaban J connectivity index is 2.52. The monoisotopic (exact) mass is 254 g/mol. The molecular weight excluding hydrogens is 247 g/mol. The highest BCUT2D eigenvalue weighted by atomic mass is 35.5. The molecule has 0 bridgehead atoms. The number of hydrogen-bond acceptors (Lipinski definition) is 2. The number of benzene rings is 1. The molecule has 0 radical (unpaired) electrons. The summed E-state index contributed by atoms with van der Waals surface area (Å²) in [7, 11) is 1.59. The van der Waals surface area contributed by atoms with Gasteiger partial charge in [0, 0.05) is 12.6 Å². The molecule has 0 saturated carbocycles. The Morgan fingerprint density at radius 2 is 2.18 bits per heavy atom. The van der Waals surface area contributed by atoms with Gasteiger partial charge in [0.2, 0.25) is 0 Å². The topological polar surface area (TPSA) is 55.1 Å². The molecule has 0 unspecified atom stereocenters. The second-order valence-corrected chi connectivity index (χ2v) is 3.88. The third-order valence-corrected chi connectivity index (χ3v) is 2.62. The summed E-state index contributed by atoms with van der Waals surface area (Å²) in [5.41, 5.74) is 0.949. The molecule has 0 saturated heterocycles. The predicted molar refractivity (Wildman–Crippen MR) is 60.6 cm³/mol. The molecule has 0 aliphatic heterocycles. The number of carboxylic acid groups (broad SMARTS) is 1. The Labute approximate surface area is 101 Å². The first kappa shape index (κ1) is 11.6. The standard InChI is InChI=1S/C11H8ClFN2O2/c1-15-10(5-9(14-15)11(16)17)6-2-3-7(12)8(13)4-6/h2-5H,1H3,(H,16,17). The van der Waals surface area contributed by atoms with Gasteiger partial charge >= 0.3 is 5.97 Å². The predicted octanol–water partition coefficient (Wildman–Crippen LogP) is 2.58. The number of rotatable bonds is 2. The number of nitrogens with zero attached hydrogens (tertiary/aromatic N) is 2. The van der Waals surface area contributed by atoms with Gasteiger partial charge in [-0.05, 0) is 18.2 Å². The zero-order valence-corrected chi connectivity index (χ0v) is 9.57.